The SMILES string of the molecule is CCc1nncn1CCNC(=NC)NCCC(=O)Nc1cc(Br)ccc1C.I. The summed E-state index contributed by atoms with van der Waals surface area (Å²) in [6.07, 6.45) is 2.92. The van der Waals surface area contributed by atoms with Crippen LogP contribution in [0.25, 0.3) is 0 Å². The third-order valence-corrected chi connectivity index (χ3v) is 4.49. The molecule has 0 bridgehead atoms. The Hall–Kier alpha value is -1.69. The van der Waals surface area contributed by atoms with Crippen molar-refractivity contribution in [2.45, 2.75) is 33.2 Å². The topological polar surface area (TPSA) is 96.2 Å². The van der Waals surface area contributed by atoms with Crippen molar-refractivity contribution < 1.29 is 4.79 Å². The van der Waals surface area contributed by atoms with E-state index in [1.54, 1.807) is 13.4 Å². The second kappa shape index (κ2) is 12.7. The lowest BCUT2D eigenvalue weighted by Gasteiger charge is -2.13. The number of halogens is 2. The minimum atomic E-state index is -0.0452. The Morgan fingerprint density at radius 2 is 2.04 bits per heavy atom. The van der Waals surface area contributed by atoms with E-state index in [1.807, 2.05) is 29.7 Å². The van der Waals surface area contributed by atoms with Gasteiger partial charge in [-0.2, -0.15) is 0 Å². The molecule has 0 saturated heterocycles. The Labute approximate surface area is 191 Å². The van der Waals surface area contributed by atoms with Crippen molar-refractivity contribution in [1.29, 1.82) is 0 Å². The minimum Gasteiger partial charge on any atom is -0.356 e. The summed E-state index contributed by atoms with van der Waals surface area (Å²) in [6, 6.07) is 5.81. The maximum absolute atomic E-state index is 12.1. The maximum atomic E-state index is 12.1. The van der Waals surface area contributed by atoms with Crippen LogP contribution in [-0.4, -0.2) is 46.8 Å². The van der Waals surface area contributed by atoms with Crippen LogP contribution >= 0.6 is 39.9 Å². The first-order valence-electron chi connectivity index (χ1n) is 8.90. The highest BCUT2D eigenvalue weighted by molar-refractivity contribution is 14.0. The molecule has 1 aromatic heterocycles. The van der Waals surface area contributed by atoms with E-state index in [0.717, 1.165) is 34.5 Å². The molecule has 2 rings (SSSR count). The predicted octanol–water partition coefficient (Wildman–Crippen LogP) is 2.72. The molecular weight excluding hydrogens is 537 g/mol. The first-order valence-corrected chi connectivity index (χ1v) is 9.70. The summed E-state index contributed by atoms with van der Waals surface area (Å²) in [5.41, 5.74) is 1.84. The van der Waals surface area contributed by atoms with Crippen LogP contribution in [0, 0.1) is 6.92 Å². The monoisotopic (exact) mass is 563 g/mol. The molecule has 0 fully saturated rings. The average Bonchev–Trinajstić information content (AvgIpc) is 3.11. The van der Waals surface area contributed by atoms with E-state index < -0.39 is 0 Å². The normalized spacial score (nSPS) is 10.9. The lowest BCUT2D eigenvalue weighted by molar-refractivity contribution is -0.116. The number of benzene rings is 1. The van der Waals surface area contributed by atoms with Gasteiger partial charge >= 0.3 is 0 Å². The summed E-state index contributed by atoms with van der Waals surface area (Å²) in [4.78, 5) is 16.3. The molecule has 0 radical (unpaired) electrons. The average molecular weight is 564 g/mol. The van der Waals surface area contributed by atoms with Crippen LogP contribution in [0.5, 0.6) is 0 Å². The van der Waals surface area contributed by atoms with Gasteiger partial charge in [0.2, 0.25) is 5.91 Å². The highest BCUT2D eigenvalue weighted by Crippen LogP contribution is 2.20. The zero-order valence-corrected chi connectivity index (χ0v) is 20.2. The lowest BCUT2D eigenvalue weighted by Crippen LogP contribution is -2.40. The molecule has 3 N–H and O–H groups in total. The van der Waals surface area contributed by atoms with E-state index >= 15 is 0 Å². The molecule has 0 aliphatic rings. The predicted molar refractivity (Wildman–Crippen MR) is 126 cm³/mol. The van der Waals surface area contributed by atoms with Crippen LogP contribution in [0.3, 0.4) is 0 Å². The van der Waals surface area contributed by atoms with Crippen LogP contribution in [-0.2, 0) is 17.8 Å². The Morgan fingerprint density at radius 1 is 1.29 bits per heavy atom. The standard InChI is InChI=1S/C18H26BrN7O.HI/c1-4-16-25-23-12-26(16)10-9-22-18(20-3)21-8-7-17(27)24-15-11-14(19)6-5-13(15)2;/h5-6,11-12H,4,7-10H2,1-3H3,(H,24,27)(H2,20,21,22);1H. The highest BCUT2D eigenvalue weighted by Gasteiger charge is 2.06. The molecule has 1 amide bonds. The molecule has 0 saturated carbocycles. The van der Waals surface area contributed by atoms with Crippen molar-refractivity contribution in [2.75, 3.05) is 25.5 Å². The molecule has 154 valence electrons. The number of anilines is 1. The van der Waals surface area contributed by atoms with Crippen molar-refractivity contribution in [2.24, 2.45) is 4.99 Å². The van der Waals surface area contributed by atoms with Crippen molar-refractivity contribution in [3.8, 4) is 0 Å². The lowest BCUT2D eigenvalue weighted by atomic mass is 10.2. The zero-order chi connectivity index (χ0) is 19.6. The zero-order valence-electron chi connectivity index (χ0n) is 16.3. The number of aryl methyl sites for hydroxylation is 2. The first kappa shape index (κ1) is 24.3. The van der Waals surface area contributed by atoms with Crippen molar-refractivity contribution in [3.05, 3.63) is 40.4 Å². The number of carbonyl (C=O) groups excluding carboxylic acids is 1. The number of aromatic nitrogens is 3. The molecule has 1 aromatic carbocycles. The first-order chi connectivity index (χ1) is 13.0. The molecule has 0 unspecified atom stereocenters. The molecular formula is C18H27BrIN7O. The Balaban J connectivity index is 0.00000392. The number of nitrogens with one attached hydrogen (secondary N) is 3. The number of carbonyl (C=O) groups is 1. The number of amides is 1. The summed E-state index contributed by atoms with van der Waals surface area (Å²) in [5.74, 6) is 1.57. The summed E-state index contributed by atoms with van der Waals surface area (Å²) in [5, 5.41) is 17.3. The van der Waals surface area contributed by atoms with Gasteiger partial charge in [0, 0.05) is 49.7 Å². The van der Waals surface area contributed by atoms with Gasteiger partial charge in [0.15, 0.2) is 5.96 Å². The van der Waals surface area contributed by atoms with Gasteiger partial charge in [0.1, 0.15) is 12.2 Å². The summed E-state index contributed by atoms with van der Waals surface area (Å²) < 4.78 is 2.94. The van der Waals surface area contributed by atoms with E-state index in [9.17, 15) is 4.79 Å². The van der Waals surface area contributed by atoms with E-state index in [2.05, 4.69) is 54.0 Å². The number of rotatable bonds is 8. The smallest absolute Gasteiger partial charge is 0.226 e. The number of hydrogen-bond acceptors (Lipinski definition) is 4. The van der Waals surface area contributed by atoms with Gasteiger partial charge in [-0.3, -0.25) is 9.79 Å². The maximum Gasteiger partial charge on any atom is 0.226 e. The molecule has 0 atom stereocenters. The van der Waals surface area contributed by atoms with E-state index in [1.165, 1.54) is 0 Å². The van der Waals surface area contributed by atoms with E-state index in [4.69, 9.17) is 0 Å². The largest absolute Gasteiger partial charge is 0.356 e. The molecule has 0 spiro atoms. The fraction of sp³-hybridized carbons (Fsp3) is 0.444. The van der Waals surface area contributed by atoms with Crippen LogP contribution < -0.4 is 16.0 Å². The van der Waals surface area contributed by atoms with Crippen LogP contribution in [0.4, 0.5) is 5.69 Å². The number of guanidine groups is 1. The van der Waals surface area contributed by atoms with Gasteiger partial charge in [0.25, 0.3) is 0 Å². The second-order valence-electron chi connectivity index (χ2n) is 5.98. The third kappa shape index (κ3) is 7.74. The minimum absolute atomic E-state index is 0. The van der Waals surface area contributed by atoms with E-state index in [-0.39, 0.29) is 29.9 Å². The van der Waals surface area contributed by atoms with Gasteiger partial charge in [-0.05, 0) is 24.6 Å². The fourth-order valence-corrected chi connectivity index (χ4v) is 2.85. The summed E-state index contributed by atoms with van der Waals surface area (Å²) in [7, 11) is 1.70. The Bertz CT molecular complexity index is 794. The summed E-state index contributed by atoms with van der Waals surface area (Å²) in [6.45, 7) is 5.94. The van der Waals surface area contributed by atoms with Gasteiger partial charge in [-0.15, -0.1) is 34.2 Å². The van der Waals surface area contributed by atoms with Crippen molar-refractivity contribution >= 4 is 57.5 Å². The third-order valence-electron chi connectivity index (χ3n) is 4.00. The van der Waals surface area contributed by atoms with E-state index in [0.29, 0.717) is 25.5 Å². The van der Waals surface area contributed by atoms with Gasteiger partial charge in [0.05, 0.1) is 0 Å². The Morgan fingerprint density at radius 3 is 2.75 bits per heavy atom. The molecule has 8 nitrogen and oxygen atoms in total. The summed E-state index contributed by atoms with van der Waals surface area (Å²) >= 11 is 3.42. The number of aliphatic imine (C=N–C) groups is 1. The molecule has 0 aliphatic heterocycles. The van der Waals surface area contributed by atoms with Crippen molar-refractivity contribution in [3.63, 3.8) is 0 Å². The quantitative estimate of drug-likeness (QED) is 0.261. The number of nitrogens with zero attached hydrogens (tertiary/aromatic N) is 4. The van der Waals surface area contributed by atoms with Crippen molar-refractivity contribution in [1.82, 2.24) is 25.4 Å². The van der Waals surface area contributed by atoms with Gasteiger partial charge in [-0.25, -0.2) is 0 Å². The Kier molecular flexibility index (Phi) is 11.0. The van der Waals surface area contributed by atoms with Crippen LogP contribution in [0.1, 0.15) is 24.7 Å². The molecule has 2 aromatic rings. The van der Waals surface area contributed by atoms with Crippen LogP contribution in [0.2, 0.25) is 0 Å². The molecule has 10 heteroatoms. The molecule has 28 heavy (non-hydrogen) atoms. The molecule has 1 heterocycles. The molecule has 0 aliphatic carbocycles. The highest BCUT2D eigenvalue weighted by atomic mass is 127. The second-order valence-corrected chi connectivity index (χ2v) is 6.89. The fourth-order valence-electron chi connectivity index (χ4n) is 2.49. The van der Waals surface area contributed by atoms with Gasteiger partial charge in [-0.1, -0.05) is 28.9 Å². The number of hydrogen-bond donors (Lipinski definition) is 3. The van der Waals surface area contributed by atoms with Crippen LogP contribution in [0.15, 0.2) is 34.0 Å². The van der Waals surface area contributed by atoms with Gasteiger partial charge < -0.3 is 20.5 Å².